The molecule has 122 valence electrons. The SMILES string of the molecule is CCc1[nH]c(C(=O)N[C@H](C)c2ccccn2)c(C)c1C(=O)OC. The first-order chi connectivity index (χ1) is 11.0. The summed E-state index contributed by atoms with van der Waals surface area (Å²) in [5.41, 5.74) is 2.88. The van der Waals surface area contributed by atoms with E-state index in [1.54, 1.807) is 13.1 Å². The molecule has 2 rings (SSSR count). The number of ether oxygens (including phenoxy) is 1. The first-order valence-electron chi connectivity index (χ1n) is 7.51. The van der Waals surface area contributed by atoms with Gasteiger partial charge in [0.1, 0.15) is 5.69 Å². The maximum Gasteiger partial charge on any atom is 0.339 e. The Labute approximate surface area is 135 Å². The molecule has 0 bridgehead atoms. The van der Waals surface area contributed by atoms with Crippen molar-refractivity contribution in [2.24, 2.45) is 0 Å². The molecule has 6 heteroatoms. The molecule has 2 heterocycles. The number of esters is 1. The maximum atomic E-state index is 12.5. The van der Waals surface area contributed by atoms with Crippen LogP contribution in [-0.2, 0) is 11.2 Å². The Morgan fingerprint density at radius 2 is 2.13 bits per heavy atom. The van der Waals surface area contributed by atoms with Crippen LogP contribution in [-0.4, -0.2) is 29.0 Å². The number of aryl methyl sites for hydroxylation is 1. The van der Waals surface area contributed by atoms with Crippen molar-refractivity contribution < 1.29 is 14.3 Å². The van der Waals surface area contributed by atoms with Crippen molar-refractivity contribution in [1.82, 2.24) is 15.3 Å². The molecule has 0 radical (unpaired) electrons. The normalized spacial score (nSPS) is 11.8. The molecule has 0 saturated carbocycles. The average Bonchev–Trinajstić information content (AvgIpc) is 2.91. The van der Waals surface area contributed by atoms with Gasteiger partial charge in [0, 0.05) is 11.9 Å². The van der Waals surface area contributed by atoms with Crippen molar-refractivity contribution in [3.63, 3.8) is 0 Å². The summed E-state index contributed by atoms with van der Waals surface area (Å²) in [6, 6.07) is 5.31. The van der Waals surface area contributed by atoms with Gasteiger partial charge in [-0.05, 0) is 38.0 Å². The van der Waals surface area contributed by atoms with Crippen LogP contribution in [0.1, 0.15) is 57.7 Å². The lowest BCUT2D eigenvalue weighted by atomic mass is 10.1. The first-order valence-corrected chi connectivity index (χ1v) is 7.51. The van der Waals surface area contributed by atoms with E-state index in [9.17, 15) is 9.59 Å². The summed E-state index contributed by atoms with van der Waals surface area (Å²) in [4.78, 5) is 31.7. The molecular weight excluding hydrogens is 294 g/mol. The van der Waals surface area contributed by atoms with Crippen molar-refractivity contribution in [2.75, 3.05) is 7.11 Å². The summed E-state index contributed by atoms with van der Waals surface area (Å²) in [6.45, 7) is 5.51. The molecule has 6 nitrogen and oxygen atoms in total. The molecule has 2 N–H and O–H groups in total. The first kappa shape index (κ1) is 16.7. The van der Waals surface area contributed by atoms with Gasteiger partial charge in [-0.15, -0.1) is 0 Å². The van der Waals surface area contributed by atoms with Gasteiger partial charge in [0.15, 0.2) is 0 Å². The Morgan fingerprint density at radius 1 is 1.39 bits per heavy atom. The summed E-state index contributed by atoms with van der Waals surface area (Å²) in [5, 5.41) is 2.89. The number of aromatic nitrogens is 2. The molecule has 1 atom stereocenters. The van der Waals surface area contributed by atoms with Crippen molar-refractivity contribution >= 4 is 11.9 Å². The lowest BCUT2D eigenvalue weighted by molar-refractivity contribution is 0.0599. The highest BCUT2D eigenvalue weighted by Crippen LogP contribution is 2.21. The fourth-order valence-corrected chi connectivity index (χ4v) is 2.50. The number of pyridine rings is 1. The summed E-state index contributed by atoms with van der Waals surface area (Å²) >= 11 is 0. The minimum Gasteiger partial charge on any atom is -0.465 e. The smallest absolute Gasteiger partial charge is 0.339 e. The molecule has 0 saturated heterocycles. The van der Waals surface area contributed by atoms with Crippen LogP contribution >= 0.6 is 0 Å². The molecule has 1 amide bonds. The lowest BCUT2D eigenvalue weighted by Crippen LogP contribution is -2.28. The van der Waals surface area contributed by atoms with Crippen LogP contribution in [0, 0.1) is 6.92 Å². The number of nitrogens with zero attached hydrogens (tertiary/aromatic N) is 1. The summed E-state index contributed by atoms with van der Waals surface area (Å²) < 4.78 is 4.80. The second-order valence-electron chi connectivity index (χ2n) is 5.27. The van der Waals surface area contributed by atoms with Gasteiger partial charge in [0.25, 0.3) is 5.91 Å². The lowest BCUT2D eigenvalue weighted by Gasteiger charge is -2.13. The predicted molar refractivity (Wildman–Crippen MR) is 86.4 cm³/mol. The van der Waals surface area contributed by atoms with Crippen molar-refractivity contribution in [3.05, 3.63) is 52.6 Å². The molecule has 0 aliphatic rings. The number of H-pyrrole nitrogens is 1. The molecular formula is C17H21N3O3. The molecule has 0 fully saturated rings. The van der Waals surface area contributed by atoms with Gasteiger partial charge in [-0.1, -0.05) is 13.0 Å². The van der Waals surface area contributed by atoms with E-state index in [4.69, 9.17) is 4.74 Å². The quantitative estimate of drug-likeness (QED) is 0.831. The average molecular weight is 315 g/mol. The van der Waals surface area contributed by atoms with Crippen LogP contribution in [0.15, 0.2) is 24.4 Å². The highest BCUT2D eigenvalue weighted by atomic mass is 16.5. The van der Waals surface area contributed by atoms with E-state index in [0.29, 0.717) is 28.9 Å². The Kier molecular flexibility index (Phi) is 5.16. The third-order valence-corrected chi connectivity index (χ3v) is 3.78. The fourth-order valence-electron chi connectivity index (χ4n) is 2.50. The number of hydrogen-bond donors (Lipinski definition) is 2. The second kappa shape index (κ2) is 7.09. The van der Waals surface area contributed by atoms with Crippen LogP contribution in [0.4, 0.5) is 0 Å². The number of amides is 1. The van der Waals surface area contributed by atoms with Gasteiger partial charge >= 0.3 is 5.97 Å². The largest absolute Gasteiger partial charge is 0.465 e. The standard InChI is InChI=1S/C17H21N3O3/c1-5-12-14(17(22)23-4)10(2)15(20-12)16(21)19-11(3)13-8-6-7-9-18-13/h6-9,11,20H,5H2,1-4H3,(H,19,21)/t11-/m1/s1. The monoisotopic (exact) mass is 315 g/mol. The molecule has 2 aromatic rings. The number of methoxy groups -OCH3 is 1. The molecule has 0 aromatic carbocycles. The van der Waals surface area contributed by atoms with E-state index in [1.807, 2.05) is 32.0 Å². The van der Waals surface area contributed by atoms with E-state index >= 15 is 0 Å². The topological polar surface area (TPSA) is 84.1 Å². The number of hydrogen-bond acceptors (Lipinski definition) is 4. The van der Waals surface area contributed by atoms with Crippen molar-refractivity contribution in [3.8, 4) is 0 Å². The predicted octanol–water partition coefficient (Wildman–Crippen LogP) is 2.56. The Morgan fingerprint density at radius 3 is 2.70 bits per heavy atom. The van der Waals surface area contributed by atoms with Crippen molar-refractivity contribution in [2.45, 2.75) is 33.2 Å². The van der Waals surface area contributed by atoms with E-state index in [1.165, 1.54) is 7.11 Å². The van der Waals surface area contributed by atoms with Crippen LogP contribution in [0.3, 0.4) is 0 Å². The molecule has 0 unspecified atom stereocenters. The summed E-state index contributed by atoms with van der Waals surface area (Å²) in [6.07, 6.45) is 2.29. The number of carbonyl (C=O) groups excluding carboxylic acids is 2. The van der Waals surface area contributed by atoms with Crippen LogP contribution in [0.5, 0.6) is 0 Å². The molecule has 23 heavy (non-hydrogen) atoms. The number of carbonyl (C=O) groups is 2. The minimum atomic E-state index is -0.438. The van der Waals surface area contributed by atoms with Gasteiger partial charge in [-0.25, -0.2) is 4.79 Å². The highest BCUT2D eigenvalue weighted by molar-refractivity contribution is 6.00. The Hall–Kier alpha value is -2.63. The zero-order valence-electron chi connectivity index (χ0n) is 13.8. The molecule has 2 aromatic heterocycles. The number of aromatic amines is 1. The molecule has 0 aliphatic heterocycles. The fraction of sp³-hybridized carbons (Fsp3) is 0.353. The Balaban J connectivity index is 2.26. The van der Waals surface area contributed by atoms with Crippen LogP contribution in [0.25, 0.3) is 0 Å². The minimum absolute atomic E-state index is 0.238. The van der Waals surface area contributed by atoms with Crippen LogP contribution < -0.4 is 5.32 Å². The third kappa shape index (κ3) is 3.41. The van der Waals surface area contributed by atoms with E-state index in [0.717, 1.165) is 5.69 Å². The number of nitrogens with one attached hydrogen (secondary N) is 2. The van der Waals surface area contributed by atoms with Gasteiger partial charge in [0.05, 0.1) is 24.4 Å². The van der Waals surface area contributed by atoms with E-state index in [-0.39, 0.29) is 11.9 Å². The van der Waals surface area contributed by atoms with E-state index in [2.05, 4.69) is 15.3 Å². The number of rotatable bonds is 5. The van der Waals surface area contributed by atoms with Crippen molar-refractivity contribution in [1.29, 1.82) is 0 Å². The Bertz CT molecular complexity index is 707. The zero-order valence-corrected chi connectivity index (χ0v) is 13.8. The summed E-state index contributed by atoms with van der Waals surface area (Å²) in [7, 11) is 1.33. The summed E-state index contributed by atoms with van der Waals surface area (Å²) in [5.74, 6) is -0.710. The highest BCUT2D eigenvalue weighted by Gasteiger charge is 2.24. The van der Waals surface area contributed by atoms with Gasteiger partial charge in [0.2, 0.25) is 0 Å². The second-order valence-corrected chi connectivity index (χ2v) is 5.27. The molecule has 0 spiro atoms. The van der Waals surface area contributed by atoms with Crippen LogP contribution in [0.2, 0.25) is 0 Å². The van der Waals surface area contributed by atoms with Gasteiger partial charge in [-0.2, -0.15) is 0 Å². The van der Waals surface area contributed by atoms with Gasteiger partial charge in [-0.3, -0.25) is 9.78 Å². The zero-order chi connectivity index (χ0) is 17.0. The third-order valence-electron chi connectivity index (χ3n) is 3.78. The maximum absolute atomic E-state index is 12.5. The van der Waals surface area contributed by atoms with Gasteiger partial charge < -0.3 is 15.0 Å². The van der Waals surface area contributed by atoms with E-state index < -0.39 is 5.97 Å². The molecule has 0 aliphatic carbocycles.